The smallest absolute Gasteiger partial charge is 0.410 e. The van der Waals surface area contributed by atoms with Crippen LogP contribution in [0, 0.1) is 18.3 Å². The van der Waals surface area contributed by atoms with Gasteiger partial charge in [-0.05, 0) is 70.1 Å². The van der Waals surface area contributed by atoms with E-state index < -0.39 is 23.5 Å². The summed E-state index contributed by atoms with van der Waals surface area (Å²) in [5, 5.41) is 11.5. The van der Waals surface area contributed by atoms with Crippen molar-refractivity contribution in [2.75, 3.05) is 26.2 Å². The molecule has 9 heteroatoms. The maximum atomic E-state index is 13.1. The number of amides is 3. The van der Waals surface area contributed by atoms with Gasteiger partial charge < -0.3 is 25.0 Å². The van der Waals surface area contributed by atoms with E-state index in [1.54, 1.807) is 9.80 Å². The Kier molecular flexibility index (Phi) is 9.19. The van der Waals surface area contributed by atoms with Gasteiger partial charge in [0, 0.05) is 31.7 Å². The molecule has 3 amide bonds. The summed E-state index contributed by atoms with van der Waals surface area (Å²) in [7, 11) is 0. The number of benzene rings is 1. The Labute approximate surface area is 218 Å². The number of carboxylic acid groups (broad SMARTS) is 1. The molecule has 200 valence electrons. The van der Waals surface area contributed by atoms with Crippen LogP contribution in [-0.4, -0.2) is 76.6 Å². The molecular weight excluding hydrogens is 474 g/mol. The molecule has 2 fully saturated rings. The number of carbonyl (C=O) groups excluding carboxylic acids is 3. The lowest BCUT2D eigenvalue weighted by atomic mass is 9.89. The second-order valence-electron chi connectivity index (χ2n) is 10.8. The van der Waals surface area contributed by atoms with Crippen molar-refractivity contribution in [2.45, 2.75) is 70.4 Å². The molecule has 2 aliphatic rings. The normalized spacial score (nSPS) is 19.5. The Bertz CT molecular complexity index is 1030. The third-order valence-electron chi connectivity index (χ3n) is 6.75. The topological polar surface area (TPSA) is 116 Å². The molecule has 1 aromatic rings. The van der Waals surface area contributed by atoms with Crippen LogP contribution in [0.2, 0.25) is 0 Å². The fourth-order valence-electron chi connectivity index (χ4n) is 4.79. The third-order valence-corrected chi connectivity index (χ3v) is 6.75. The van der Waals surface area contributed by atoms with Crippen LogP contribution in [0.5, 0.6) is 0 Å². The summed E-state index contributed by atoms with van der Waals surface area (Å²) in [6, 6.07) is 6.71. The number of likely N-dealkylation sites (tertiary alicyclic amines) is 2. The number of rotatable bonds is 6. The van der Waals surface area contributed by atoms with E-state index in [1.807, 2.05) is 45.0 Å². The van der Waals surface area contributed by atoms with Crippen LogP contribution in [0.4, 0.5) is 4.79 Å². The van der Waals surface area contributed by atoms with Crippen molar-refractivity contribution in [3.05, 3.63) is 35.4 Å². The third kappa shape index (κ3) is 7.97. The average molecular weight is 512 g/mol. The zero-order chi connectivity index (χ0) is 27.2. The highest BCUT2D eigenvalue weighted by Gasteiger charge is 2.31. The van der Waals surface area contributed by atoms with Gasteiger partial charge in [-0.15, -0.1) is 6.42 Å². The van der Waals surface area contributed by atoms with E-state index in [0.29, 0.717) is 44.0 Å². The second kappa shape index (κ2) is 12.1. The molecule has 3 rings (SSSR count). The van der Waals surface area contributed by atoms with Crippen molar-refractivity contribution in [3.63, 3.8) is 0 Å². The second-order valence-corrected chi connectivity index (χ2v) is 10.8. The molecule has 1 unspecified atom stereocenters. The molecule has 1 aromatic carbocycles. The Balaban J connectivity index is 1.54. The predicted molar refractivity (Wildman–Crippen MR) is 138 cm³/mol. The van der Waals surface area contributed by atoms with Gasteiger partial charge in [0.05, 0.1) is 12.3 Å². The minimum atomic E-state index is -1.08. The van der Waals surface area contributed by atoms with Gasteiger partial charge >= 0.3 is 12.1 Å². The predicted octanol–water partition coefficient (Wildman–Crippen LogP) is 3.25. The van der Waals surface area contributed by atoms with Gasteiger partial charge in [0.15, 0.2) is 0 Å². The summed E-state index contributed by atoms with van der Waals surface area (Å²) in [5.74, 6) is 0.623. The number of carboxylic acids is 1. The molecular formula is C28H37N3O6. The largest absolute Gasteiger partial charge is 0.481 e. The van der Waals surface area contributed by atoms with E-state index in [4.69, 9.17) is 16.3 Å². The molecule has 0 saturated carbocycles. The minimum absolute atomic E-state index is 0.136. The summed E-state index contributed by atoms with van der Waals surface area (Å²) in [6.07, 6.45) is 7.67. The lowest BCUT2D eigenvalue weighted by Gasteiger charge is -2.34. The van der Waals surface area contributed by atoms with E-state index in [2.05, 4.69) is 11.2 Å². The first-order valence-corrected chi connectivity index (χ1v) is 12.8. The number of nitrogens with one attached hydrogen (secondary N) is 1. The molecule has 2 heterocycles. The number of hydrogen-bond donors (Lipinski definition) is 2. The number of terminal acetylenes is 1. The molecule has 37 heavy (non-hydrogen) atoms. The van der Waals surface area contributed by atoms with Crippen molar-refractivity contribution in [1.82, 2.24) is 15.1 Å². The first kappa shape index (κ1) is 28.0. The van der Waals surface area contributed by atoms with Crippen molar-refractivity contribution in [1.29, 1.82) is 0 Å². The first-order valence-electron chi connectivity index (χ1n) is 12.8. The number of carbonyl (C=O) groups is 4. The van der Waals surface area contributed by atoms with Crippen molar-refractivity contribution in [3.8, 4) is 12.3 Å². The van der Waals surface area contributed by atoms with Crippen LogP contribution < -0.4 is 5.32 Å². The number of ether oxygens (including phenoxy) is 1. The molecule has 0 aromatic heterocycles. The molecule has 0 bridgehead atoms. The quantitative estimate of drug-likeness (QED) is 0.567. The molecule has 2 saturated heterocycles. The monoisotopic (exact) mass is 511 g/mol. The fraction of sp³-hybridized carbons (Fsp3) is 0.571. The zero-order valence-electron chi connectivity index (χ0n) is 21.9. The van der Waals surface area contributed by atoms with E-state index in [9.17, 15) is 19.2 Å². The molecule has 9 nitrogen and oxygen atoms in total. The fourth-order valence-corrected chi connectivity index (χ4v) is 4.79. The van der Waals surface area contributed by atoms with E-state index in [0.717, 1.165) is 18.4 Å². The lowest BCUT2D eigenvalue weighted by molar-refractivity contribution is -0.137. The summed E-state index contributed by atoms with van der Waals surface area (Å²) in [6.45, 7) is 7.65. The van der Waals surface area contributed by atoms with Gasteiger partial charge in [0.25, 0.3) is 5.91 Å². The highest BCUT2D eigenvalue weighted by Crippen LogP contribution is 2.29. The van der Waals surface area contributed by atoms with Crippen LogP contribution in [-0.2, 0) is 14.3 Å². The van der Waals surface area contributed by atoms with Gasteiger partial charge in [-0.2, -0.15) is 0 Å². The van der Waals surface area contributed by atoms with Gasteiger partial charge in [-0.25, -0.2) is 4.79 Å². The summed E-state index contributed by atoms with van der Waals surface area (Å²) >= 11 is 0. The number of aliphatic carboxylic acids is 1. The van der Waals surface area contributed by atoms with Gasteiger partial charge in [-0.1, -0.05) is 18.1 Å². The SMILES string of the molecule is C#CC(CC(=O)O)NC(=O)[C@@H]1CCCN(C(=O)c2ccc(C3CCN(C(=O)OC(C)(C)C)CC3)cc2)C1. The van der Waals surface area contributed by atoms with Gasteiger partial charge in [0.1, 0.15) is 11.6 Å². The Morgan fingerprint density at radius 1 is 1.08 bits per heavy atom. The van der Waals surface area contributed by atoms with Crippen LogP contribution >= 0.6 is 0 Å². The van der Waals surface area contributed by atoms with Crippen molar-refractivity contribution in [2.24, 2.45) is 5.92 Å². The Hall–Kier alpha value is -3.54. The zero-order valence-corrected chi connectivity index (χ0v) is 21.9. The minimum Gasteiger partial charge on any atom is -0.481 e. The Morgan fingerprint density at radius 3 is 2.30 bits per heavy atom. The highest BCUT2D eigenvalue weighted by molar-refractivity contribution is 5.94. The van der Waals surface area contributed by atoms with E-state index >= 15 is 0 Å². The maximum Gasteiger partial charge on any atom is 0.410 e. The standard InChI is InChI=1S/C28H37N3O6/c1-5-23(17-24(32)33)29-25(34)22-7-6-14-31(18-22)26(35)21-10-8-19(9-11-21)20-12-15-30(16-13-20)27(36)37-28(2,3)4/h1,8-11,20,22-23H,6-7,12-18H2,2-4H3,(H,29,34)(H,32,33)/t22-,23?/m1/s1. The lowest BCUT2D eigenvalue weighted by Crippen LogP contribution is -2.47. The van der Waals surface area contributed by atoms with Gasteiger partial charge in [0.2, 0.25) is 5.91 Å². The average Bonchev–Trinajstić information content (AvgIpc) is 2.86. The van der Waals surface area contributed by atoms with Crippen LogP contribution in [0.15, 0.2) is 24.3 Å². The molecule has 2 aliphatic heterocycles. The van der Waals surface area contributed by atoms with E-state index in [1.165, 1.54) is 0 Å². The first-order chi connectivity index (χ1) is 17.5. The maximum absolute atomic E-state index is 13.1. The van der Waals surface area contributed by atoms with Gasteiger partial charge in [-0.3, -0.25) is 14.4 Å². The van der Waals surface area contributed by atoms with Crippen molar-refractivity contribution >= 4 is 23.9 Å². The van der Waals surface area contributed by atoms with Crippen LogP contribution in [0.25, 0.3) is 0 Å². The number of nitrogens with zero attached hydrogens (tertiary/aromatic N) is 2. The summed E-state index contributed by atoms with van der Waals surface area (Å²) < 4.78 is 5.47. The van der Waals surface area contributed by atoms with E-state index in [-0.39, 0.29) is 30.9 Å². The molecule has 2 atom stereocenters. The Morgan fingerprint density at radius 2 is 1.73 bits per heavy atom. The number of hydrogen-bond acceptors (Lipinski definition) is 5. The summed E-state index contributed by atoms with van der Waals surface area (Å²) in [5.41, 5.74) is 1.18. The molecule has 2 N–H and O–H groups in total. The molecule has 0 spiro atoms. The number of piperidine rings is 2. The molecule has 0 radical (unpaired) electrons. The van der Waals surface area contributed by atoms with Crippen LogP contribution in [0.1, 0.15) is 74.7 Å². The van der Waals surface area contributed by atoms with Crippen LogP contribution in [0.3, 0.4) is 0 Å². The summed E-state index contributed by atoms with van der Waals surface area (Å²) in [4.78, 5) is 52.4. The highest BCUT2D eigenvalue weighted by atomic mass is 16.6. The van der Waals surface area contributed by atoms with Crippen molar-refractivity contribution < 1.29 is 29.0 Å². The molecule has 0 aliphatic carbocycles.